The smallest absolute Gasteiger partial charge is 0.247 e. The Morgan fingerprint density at radius 1 is 1.11 bits per heavy atom. The number of carbonyl (C=O) groups is 1. The summed E-state index contributed by atoms with van der Waals surface area (Å²) in [6, 6.07) is 16.1. The lowest BCUT2D eigenvalue weighted by molar-refractivity contribution is -0.490. The summed E-state index contributed by atoms with van der Waals surface area (Å²) in [5, 5.41) is 2.93. The minimum absolute atomic E-state index is 0.0618. The SMILES string of the molecule is CC(=O)Nc1c(-c2ccccc2)sc2cccc[n+]12. The van der Waals surface area contributed by atoms with Gasteiger partial charge in [-0.1, -0.05) is 47.7 Å². The van der Waals surface area contributed by atoms with Gasteiger partial charge in [-0.05, 0) is 12.1 Å². The molecule has 0 aliphatic carbocycles. The first-order valence-electron chi connectivity index (χ1n) is 6.02. The maximum atomic E-state index is 11.4. The third-order valence-corrected chi connectivity index (χ3v) is 3.99. The van der Waals surface area contributed by atoms with E-state index in [1.54, 1.807) is 11.3 Å². The average molecular weight is 269 g/mol. The molecule has 0 saturated heterocycles. The predicted octanol–water partition coefficient (Wildman–Crippen LogP) is 3.11. The van der Waals surface area contributed by atoms with E-state index in [2.05, 4.69) is 17.4 Å². The summed E-state index contributed by atoms with van der Waals surface area (Å²) in [6.45, 7) is 1.53. The first-order valence-corrected chi connectivity index (χ1v) is 6.83. The van der Waals surface area contributed by atoms with Crippen LogP contribution in [-0.4, -0.2) is 5.91 Å². The van der Waals surface area contributed by atoms with E-state index in [-0.39, 0.29) is 5.91 Å². The lowest BCUT2D eigenvalue weighted by Crippen LogP contribution is -2.25. The third kappa shape index (κ3) is 2.22. The number of thiazole rings is 1. The number of aromatic nitrogens is 1. The molecule has 1 aromatic carbocycles. The zero-order chi connectivity index (χ0) is 13.2. The first kappa shape index (κ1) is 11.9. The quantitative estimate of drug-likeness (QED) is 0.712. The van der Waals surface area contributed by atoms with Gasteiger partial charge in [-0.2, -0.15) is 4.40 Å². The van der Waals surface area contributed by atoms with E-state index in [1.165, 1.54) is 6.92 Å². The van der Waals surface area contributed by atoms with Crippen LogP contribution in [0.5, 0.6) is 0 Å². The number of amides is 1. The molecule has 1 N–H and O–H groups in total. The van der Waals surface area contributed by atoms with Gasteiger partial charge in [0, 0.05) is 12.5 Å². The maximum Gasteiger partial charge on any atom is 0.306 e. The van der Waals surface area contributed by atoms with Crippen molar-refractivity contribution in [1.82, 2.24) is 0 Å². The van der Waals surface area contributed by atoms with Crippen molar-refractivity contribution in [2.24, 2.45) is 0 Å². The molecule has 3 rings (SSSR count). The van der Waals surface area contributed by atoms with Crippen LogP contribution in [0.25, 0.3) is 15.3 Å². The monoisotopic (exact) mass is 269 g/mol. The van der Waals surface area contributed by atoms with Crippen LogP contribution in [0, 0.1) is 0 Å². The summed E-state index contributed by atoms with van der Waals surface area (Å²) in [4.78, 5) is 13.6. The predicted molar refractivity (Wildman–Crippen MR) is 77.2 cm³/mol. The number of rotatable bonds is 2. The molecule has 3 nitrogen and oxygen atoms in total. The Morgan fingerprint density at radius 2 is 1.84 bits per heavy atom. The number of benzene rings is 1. The van der Waals surface area contributed by atoms with E-state index >= 15 is 0 Å². The van der Waals surface area contributed by atoms with Crippen LogP contribution in [0.2, 0.25) is 0 Å². The fraction of sp³-hybridized carbons (Fsp3) is 0.0667. The second-order valence-electron chi connectivity index (χ2n) is 4.24. The molecule has 0 saturated carbocycles. The summed E-state index contributed by atoms with van der Waals surface area (Å²) in [7, 11) is 0. The zero-order valence-electron chi connectivity index (χ0n) is 10.5. The standard InChI is InChI=1S/C15H12N2OS/c1-11(18)16-15-14(12-7-3-2-4-8-12)19-13-9-5-6-10-17(13)15/h2-10H,1H3/p+1. The second-order valence-corrected chi connectivity index (χ2v) is 5.27. The third-order valence-electron chi connectivity index (χ3n) is 2.82. The van der Waals surface area contributed by atoms with Gasteiger partial charge in [0.15, 0.2) is 4.83 Å². The Balaban J connectivity index is 2.26. The Kier molecular flexibility index (Phi) is 3.01. The molecule has 1 amide bonds. The number of pyridine rings is 1. The number of nitrogens with one attached hydrogen (secondary N) is 1. The first-order chi connectivity index (χ1) is 9.25. The van der Waals surface area contributed by atoms with Gasteiger partial charge in [0.05, 0.1) is 6.20 Å². The normalized spacial score (nSPS) is 10.6. The highest BCUT2D eigenvalue weighted by Crippen LogP contribution is 2.32. The summed E-state index contributed by atoms with van der Waals surface area (Å²) >= 11 is 1.67. The second kappa shape index (κ2) is 4.82. The lowest BCUT2D eigenvalue weighted by Gasteiger charge is -1.98. The summed E-state index contributed by atoms with van der Waals surface area (Å²) in [5.74, 6) is 0.771. The van der Waals surface area contributed by atoms with Crippen molar-refractivity contribution in [3.63, 3.8) is 0 Å². The van der Waals surface area contributed by atoms with Crippen molar-refractivity contribution in [1.29, 1.82) is 0 Å². The highest BCUT2D eigenvalue weighted by molar-refractivity contribution is 7.20. The van der Waals surface area contributed by atoms with Crippen molar-refractivity contribution >= 4 is 27.9 Å². The molecular formula is C15H13N2OS+. The fourth-order valence-electron chi connectivity index (χ4n) is 2.03. The van der Waals surface area contributed by atoms with Crippen molar-refractivity contribution < 1.29 is 9.20 Å². The van der Waals surface area contributed by atoms with Gasteiger partial charge in [-0.25, -0.2) is 10.1 Å². The molecule has 0 unspecified atom stereocenters. The number of fused-ring (bicyclic) bond motifs is 1. The summed E-state index contributed by atoms with van der Waals surface area (Å²) in [6.07, 6.45) is 1.96. The highest BCUT2D eigenvalue weighted by Gasteiger charge is 2.21. The molecule has 0 fully saturated rings. The fourth-order valence-corrected chi connectivity index (χ4v) is 3.13. The largest absolute Gasteiger partial charge is 0.306 e. The molecule has 94 valence electrons. The van der Waals surface area contributed by atoms with Gasteiger partial charge < -0.3 is 0 Å². The van der Waals surface area contributed by atoms with Crippen molar-refractivity contribution in [2.45, 2.75) is 6.92 Å². The van der Waals surface area contributed by atoms with Crippen LogP contribution in [0.1, 0.15) is 6.92 Å². The van der Waals surface area contributed by atoms with E-state index in [0.29, 0.717) is 0 Å². The van der Waals surface area contributed by atoms with Crippen LogP contribution in [-0.2, 0) is 4.79 Å². The average Bonchev–Trinajstić information content (AvgIpc) is 2.78. The number of nitrogens with zero attached hydrogens (tertiary/aromatic N) is 1. The van der Waals surface area contributed by atoms with E-state index in [1.807, 2.05) is 47.0 Å². The van der Waals surface area contributed by atoms with E-state index in [4.69, 9.17) is 0 Å². The number of hydrogen-bond donors (Lipinski definition) is 1. The Hall–Kier alpha value is -2.20. The molecule has 4 heteroatoms. The molecule has 19 heavy (non-hydrogen) atoms. The zero-order valence-corrected chi connectivity index (χ0v) is 11.3. The minimum atomic E-state index is -0.0618. The highest BCUT2D eigenvalue weighted by atomic mass is 32.1. The van der Waals surface area contributed by atoms with Gasteiger partial charge in [-0.3, -0.25) is 0 Å². The van der Waals surface area contributed by atoms with Gasteiger partial charge >= 0.3 is 11.7 Å². The van der Waals surface area contributed by atoms with E-state index in [9.17, 15) is 4.79 Å². The molecule has 0 spiro atoms. The van der Waals surface area contributed by atoms with Crippen molar-refractivity contribution in [2.75, 3.05) is 5.32 Å². The van der Waals surface area contributed by atoms with Crippen LogP contribution in [0.15, 0.2) is 54.7 Å². The Labute approximate surface area is 115 Å². The molecule has 0 bridgehead atoms. The van der Waals surface area contributed by atoms with Gasteiger partial charge in [0.25, 0.3) is 0 Å². The molecule has 2 heterocycles. The van der Waals surface area contributed by atoms with Gasteiger partial charge in [0.2, 0.25) is 0 Å². The number of anilines is 1. The van der Waals surface area contributed by atoms with Crippen LogP contribution < -0.4 is 9.72 Å². The summed E-state index contributed by atoms with van der Waals surface area (Å²) in [5.41, 5.74) is 1.11. The molecule has 3 aromatic rings. The van der Waals surface area contributed by atoms with Crippen molar-refractivity contribution in [3.8, 4) is 10.4 Å². The molecule has 0 aliphatic heterocycles. The molecule has 0 radical (unpaired) electrons. The Morgan fingerprint density at radius 3 is 2.58 bits per heavy atom. The topological polar surface area (TPSA) is 33.2 Å². The number of carbonyl (C=O) groups excluding carboxylic acids is 1. The van der Waals surface area contributed by atoms with Crippen molar-refractivity contribution in [3.05, 3.63) is 54.7 Å². The molecule has 0 atom stereocenters. The van der Waals surface area contributed by atoms with Gasteiger partial charge in [0.1, 0.15) is 4.88 Å². The van der Waals surface area contributed by atoms with Crippen LogP contribution in [0.4, 0.5) is 5.82 Å². The van der Waals surface area contributed by atoms with E-state index in [0.717, 1.165) is 21.1 Å². The molecule has 2 aromatic heterocycles. The molecule has 0 aliphatic rings. The minimum Gasteiger partial charge on any atom is -0.247 e. The van der Waals surface area contributed by atoms with Crippen LogP contribution in [0.3, 0.4) is 0 Å². The maximum absolute atomic E-state index is 11.4. The van der Waals surface area contributed by atoms with Crippen LogP contribution >= 0.6 is 11.3 Å². The summed E-state index contributed by atoms with van der Waals surface area (Å²) < 4.78 is 2.01. The van der Waals surface area contributed by atoms with E-state index < -0.39 is 0 Å². The molecular weight excluding hydrogens is 256 g/mol. The lowest BCUT2D eigenvalue weighted by atomic mass is 10.2. The number of hydrogen-bond acceptors (Lipinski definition) is 2. The Bertz CT molecular complexity index is 734. The van der Waals surface area contributed by atoms with Gasteiger partial charge in [-0.15, -0.1) is 0 Å².